The van der Waals surface area contributed by atoms with E-state index in [-0.39, 0.29) is 42.9 Å². The number of hydrogen-bond donors (Lipinski definition) is 5. The van der Waals surface area contributed by atoms with E-state index in [0.29, 0.717) is 18.5 Å². The van der Waals surface area contributed by atoms with E-state index in [1.807, 2.05) is 27.7 Å². The number of rotatable bonds is 13. The van der Waals surface area contributed by atoms with E-state index in [1.54, 1.807) is 24.3 Å². The van der Waals surface area contributed by atoms with Crippen LogP contribution in [-0.2, 0) is 25.7 Å². The fourth-order valence-electron chi connectivity index (χ4n) is 3.08. The van der Waals surface area contributed by atoms with Crippen molar-refractivity contribution < 1.29 is 23.9 Å². The van der Waals surface area contributed by atoms with Crippen molar-refractivity contribution in [3.05, 3.63) is 29.8 Å². The Kier molecular flexibility index (Phi) is 11.9. The number of urea groups is 1. The third-order valence-corrected chi connectivity index (χ3v) is 4.73. The lowest BCUT2D eigenvalue weighted by Crippen LogP contribution is -2.54. The molecule has 0 heterocycles. The average Bonchev–Trinajstić information content (AvgIpc) is 2.72. The smallest absolute Gasteiger partial charge is 0.312 e. The fourth-order valence-corrected chi connectivity index (χ4v) is 3.08. The average molecular weight is 464 g/mol. The van der Waals surface area contributed by atoms with Crippen LogP contribution in [-0.4, -0.2) is 48.5 Å². The minimum atomic E-state index is -0.803. The van der Waals surface area contributed by atoms with Crippen LogP contribution in [0.15, 0.2) is 24.3 Å². The predicted octanol–water partition coefficient (Wildman–Crippen LogP) is 1.64. The molecule has 0 fully saturated rings. The monoisotopic (exact) mass is 463 g/mol. The van der Waals surface area contributed by atoms with Crippen LogP contribution < -0.4 is 27.0 Å². The number of nitrogens with two attached hydrogens (primary N) is 1. The summed E-state index contributed by atoms with van der Waals surface area (Å²) in [4.78, 5) is 47.7. The van der Waals surface area contributed by atoms with Gasteiger partial charge in [0.2, 0.25) is 11.8 Å². The number of hydrogen-bond acceptors (Lipinski definition) is 6. The van der Waals surface area contributed by atoms with Crippen molar-refractivity contribution in [3.8, 4) is 0 Å². The van der Waals surface area contributed by atoms with Crippen LogP contribution in [0.25, 0.3) is 0 Å². The molecule has 0 spiro atoms. The van der Waals surface area contributed by atoms with Crippen LogP contribution in [0.5, 0.6) is 0 Å². The van der Waals surface area contributed by atoms with E-state index in [4.69, 9.17) is 10.5 Å². The molecule has 10 heteroatoms. The lowest BCUT2D eigenvalue weighted by atomic mass is 10.0. The second kappa shape index (κ2) is 14.1. The van der Waals surface area contributed by atoms with Crippen molar-refractivity contribution in [2.24, 2.45) is 11.7 Å². The number of esters is 1. The molecule has 0 bridgehead atoms. The molecule has 1 aromatic rings. The van der Waals surface area contributed by atoms with Crippen LogP contribution in [0, 0.1) is 5.92 Å². The summed E-state index contributed by atoms with van der Waals surface area (Å²) in [6.07, 6.45) is 0.765. The molecule has 0 saturated carbocycles. The van der Waals surface area contributed by atoms with Crippen molar-refractivity contribution in [1.29, 1.82) is 0 Å². The summed E-state index contributed by atoms with van der Waals surface area (Å²) in [5.41, 5.74) is 6.41. The van der Waals surface area contributed by atoms with Gasteiger partial charge in [-0.1, -0.05) is 39.8 Å². The third-order valence-electron chi connectivity index (χ3n) is 4.73. The van der Waals surface area contributed by atoms with Gasteiger partial charge in [0.15, 0.2) is 0 Å². The summed E-state index contributed by atoms with van der Waals surface area (Å²) < 4.78 is 4.95. The molecule has 0 unspecified atom stereocenters. The van der Waals surface area contributed by atoms with E-state index in [2.05, 4.69) is 21.3 Å². The van der Waals surface area contributed by atoms with Gasteiger partial charge in [-0.3, -0.25) is 14.4 Å². The van der Waals surface area contributed by atoms with E-state index < -0.39 is 18.1 Å². The molecule has 0 aromatic heterocycles. The Morgan fingerprint density at radius 1 is 1.00 bits per heavy atom. The van der Waals surface area contributed by atoms with E-state index >= 15 is 0 Å². The highest BCUT2D eigenvalue weighted by molar-refractivity contribution is 5.97. The lowest BCUT2D eigenvalue weighted by Gasteiger charge is -2.27. The van der Waals surface area contributed by atoms with Gasteiger partial charge < -0.3 is 31.7 Å². The van der Waals surface area contributed by atoms with E-state index in [9.17, 15) is 19.2 Å². The maximum atomic E-state index is 13.0. The standard InChI is InChI=1S/C23H37N5O5/c1-14(2)20(26-15(3)4)22(31)28-19(7-6-12-25-23(24)32)21(30)27-18-10-8-17(9-11-18)13-33-16(5)29/h8-11,14-15,19-20,26H,6-7,12-13H2,1-5H3,(H,27,30)(H,28,31)(H3,24,25,32)/t19-,20-/m0/s1. The van der Waals surface area contributed by atoms with Gasteiger partial charge in [0, 0.05) is 25.2 Å². The molecule has 0 saturated heterocycles. The molecule has 33 heavy (non-hydrogen) atoms. The minimum Gasteiger partial charge on any atom is -0.461 e. The first kappa shape index (κ1) is 27.9. The molecular formula is C23H37N5O5. The van der Waals surface area contributed by atoms with E-state index in [1.165, 1.54) is 6.92 Å². The number of nitrogens with one attached hydrogen (secondary N) is 4. The Balaban J connectivity index is 2.86. The Morgan fingerprint density at radius 2 is 1.64 bits per heavy atom. The molecule has 0 aliphatic carbocycles. The molecule has 1 rings (SSSR count). The van der Waals surface area contributed by atoms with Crippen LogP contribution in [0.4, 0.5) is 10.5 Å². The van der Waals surface area contributed by atoms with Crippen LogP contribution in [0.1, 0.15) is 53.0 Å². The quantitative estimate of drug-likeness (QED) is 0.222. The topological polar surface area (TPSA) is 152 Å². The van der Waals surface area contributed by atoms with Crippen molar-refractivity contribution in [3.63, 3.8) is 0 Å². The molecule has 6 N–H and O–H groups in total. The number of carbonyl (C=O) groups excluding carboxylic acids is 4. The summed E-state index contributed by atoms with van der Waals surface area (Å²) >= 11 is 0. The minimum absolute atomic E-state index is 0.0254. The number of amides is 4. The van der Waals surface area contributed by atoms with Gasteiger partial charge in [0.25, 0.3) is 0 Å². The number of primary amides is 1. The van der Waals surface area contributed by atoms with Crippen molar-refractivity contribution >= 4 is 29.5 Å². The van der Waals surface area contributed by atoms with Gasteiger partial charge in [-0.05, 0) is 36.5 Å². The molecule has 4 amide bonds. The van der Waals surface area contributed by atoms with Crippen molar-refractivity contribution in [1.82, 2.24) is 16.0 Å². The first-order chi connectivity index (χ1) is 15.5. The maximum Gasteiger partial charge on any atom is 0.312 e. The number of carbonyl (C=O) groups is 4. The summed E-state index contributed by atoms with van der Waals surface area (Å²) in [6, 6.07) is 5.07. The summed E-state index contributed by atoms with van der Waals surface area (Å²) in [5, 5.41) is 11.4. The highest BCUT2D eigenvalue weighted by Crippen LogP contribution is 2.13. The zero-order valence-corrected chi connectivity index (χ0v) is 20.1. The summed E-state index contributed by atoms with van der Waals surface area (Å²) in [5.74, 6) is -0.985. The second-order valence-electron chi connectivity index (χ2n) is 8.50. The Morgan fingerprint density at radius 3 is 2.15 bits per heavy atom. The third kappa shape index (κ3) is 11.3. The lowest BCUT2D eigenvalue weighted by molar-refractivity contribution is -0.142. The largest absolute Gasteiger partial charge is 0.461 e. The molecule has 0 aliphatic heterocycles. The molecule has 2 atom stereocenters. The Labute approximate surface area is 195 Å². The molecule has 184 valence electrons. The van der Waals surface area contributed by atoms with Crippen LogP contribution in [0.3, 0.4) is 0 Å². The van der Waals surface area contributed by atoms with Crippen LogP contribution >= 0.6 is 0 Å². The van der Waals surface area contributed by atoms with Crippen molar-refractivity contribution in [2.45, 2.75) is 72.2 Å². The maximum absolute atomic E-state index is 13.0. The Bertz CT molecular complexity index is 795. The SMILES string of the molecule is CC(=O)OCc1ccc(NC(=O)[C@H](CCCNC(N)=O)NC(=O)[C@@H](NC(C)C)C(C)C)cc1. The zero-order valence-electron chi connectivity index (χ0n) is 20.1. The number of benzene rings is 1. The highest BCUT2D eigenvalue weighted by Gasteiger charge is 2.27. The van der Waals surface area contributed by atoms with Gasteiger partial charge >= 0.3 is 12.0 Å². The normalized spacial score (nSPS) is 12.7. The van der Waals surface area contributed by atoms with E-state index in [0.717, 1.165) is 5.56 Å². The Hall–Kier alpha value is -3.14. The predicted molar refractivity (Wildman–Crippen MR) is 126 cm³/mol. The highest BCUT2D eigenvalue weighted by atomic mass is 16.5. The van der Waals surface area contributed by atoms with Gasteiger partial charge in [-0.25, -0.2) is 4.79 Å². The molecule has 0 aliphatic rings. The fraction of sp³-hybridized carbons (Fsp3) is 0.565. The second-order valence-corrected chi connectivity index (χ2v) is 8.50. The van der Waals surface area contributed by atoms with Gasteiger partial charge in [0.1, 0.15) is 12.6 Å². The van der Waals surface area contributed by atoms with Gasteiger partial charge in [-0.15, -0.1) is 0 Å². The molecular weight excluding hydrogens is 426 g/mol. The summed E-state index contributed by atoms with van der Waals surface area (Å²) in [7, 11) is 0. The number of anilines is 1. The van der Waals surface area contributed by atoms with Gasteiger partial charge in [0.05, 0.1) is 6.04 Å². The van der Waals surface area contributed by atoms with Crippen molar-refractivity contribution in [2.75, 3.05) is 11.9 Å². The molecule has 1 aromatic carbocycles. The first-order valence-corrected chi connectivity index (χ1v) is 11.1. The molecule has 0 radical (unpaired) electrons. The number of ether oxygens (including phenoxy) is 1. The first-order valence-electron chi connectivity index (χ1n) is 11.1. The summed E-state index contributed by atoms with van der Waals surface area (Å²) in [6.45, 7) is 9.54. The van der Waals surface area contributed by atoms with Gasteiger partial charge in [-0.2, -0.15) is 0 Å². The van der Waals surface area contributed by atoms with Crippen LogP contribution in [0.2, 0.25) is 0 Å². The zero-order chi connectivity index (χ0) is 25.0. The molecule has 10 nitrogen and oxygen atoms in total.